The van der Waals surface area contributed by atoms with Crippen LogP contribution >= 0.6 is 0 Å². The molecule has 1 saturated heterocycles. The van der Waals surface area contributed by atoms with Gasteiger partial charge in [0, 0.05) is 42.3 Å². The third-order valence-corrected chi connectivity index (χ3v) is 6.95. The average molecular weight is 385 g/mol. The predicted octanol–water partition coefficient (Wildman–Crippen LogP) is 2.72. The molecule has 148 valence electrons. The first-order valence-corrected chi connectivity index (χ1v) is 9.86. The third kappa shape index (κ3) is 2.28. The Balaban J connectivity index is 1.81. The lowest BCUT2D eigenvalue weighted by molar-refractivity contribution is 0.0695. The summed E-state index contributed by atoms with van der Waals surface area (Å²) in [6.07, 6.45) is 5.45. The van der Waals surface area contributed by atoms with Gasteiger partial charge < -0.3 is 20.3 Å². The molecule has 1 spiro atoms. The van der Waals surface area contributed by atoms with Gasteiger partial charge in [0.05, 0.1) is 16.6 Å². The zero-order valence-corrected chi connectivity index (χ0v) is 16.1. The number of anilines is 1. The highest BCUT2D eigenvalue weighted by atomic mass is 19.1. The van der Waals surface area contributed by atoms with Crippen molar-refractivity contribution in [1.29, 1.82) is 0 Å². The number of aryl methyl sites for hydroxylation is 2. The largest absolute Gasteiger partial charge is 0.477 e. The minimum Gasteiger partial charge on any atom is -0.477 e. The number of aromatic carboxylic acids is 1. The number of benzene rings is 1. The number of halogens is 1. The van der Waals surface area contributed by atoms with Crippen molar-refractivity contribution >= 4 is 22.6 Å². The number of rotatable bonds is 3. The second-order valence-electron chi connectivity index (χ2n) is 8.80. The smallest absolute Gasteiger partial charge is 0.341 e. The van der Waals surface area contributed by atoms with Crippen LogP contribution in [0.4, 0.5) is 10.1 Å². The van der Waals surface area contributed by atoms with Gasteiger partial charge >= 0.3 is 5.97 Å². The number of carboxylic acids is 1. The zero-order valence-electron chi connectivity index (χ0n) is 16.1. The number of aromatic nitrogens is 1. The van der Waals surface area contributed by atoms with Crippen LogP contribution in [-0.4, -0.2) is 34.8 Å². The number of carbonyl (C=O) groups is 1. The van der Waals surface area contributed by atoms with Crippen molar-refractivity contribution < 1.29 is 14.3 Å². The van der Waals surface area contributed by atoms with Crippen LogP contribution in [0.3, 0.4) is 0 Å². The number of carboxylic acid groups (broad SMARTS) is 1. The molecular weight excluding hydrogens is 361 g/mol. The molecule has 2 aliphatic carbocycles. The van der Waals surface area contributed by atoms with Gasteiger partial charge in [-0.05, 0) is 45.1 Å². The third-order valence-electron chi connectivity index (χ3n) is 6.95. The molecular formula is C21H24FN3O3. The van der Waals surface area contributed by atoms with Gasteiger partial charge in [0.1, 0.15) is 5.56 Å². The fraction of sp³-hybridized carbons (Fsp3) is 0.524. The molecule has 2 aromatic rings. The lowest BCUT2D eigenvalue weighted by atomic mass is 9.99. The summed E-state index contributed by atoms with van der Waals surface area (Å²) in [5.41, 5.74) is 7.63. The summed E-state index contributed by atoms with van der Waals surface area (Å²) in [6, 6.07) is 0.190. The SMILES string of the molecule is Cc1c(F)c(N2CC(N)C3(CC3)C2)c(C)c2c1c(=O)c(C(=O)O)cn2C1CC1. The van der Waals surface area contributed by atoms with Gasteiger partial charge in [-0.25, -0.2) is 9.18 Å². The van der Waals surface area contributed by atoms with E-state index in [9.17, 15) is 14.7 Å². The molecule has 3 fully saturated rings. The minimum atomic E-state index is -1.27. The van der Waals surface area contributed by atoms with Gasteiger partial charge in [-0.1, -0.05) is 0 Å². The molecule has 3 aliphatic rings. The van der Waals surface area contributed by atoms with Crippen molar-refractivity contribution in [1.82, 2.24) is 4.57 Å². The molecule has 2 saturated carbocycles. The second kappa shape index (κ2) is 5.56. The van der Waals surface area contributed by atoms with Crippen LogP contribution in [0.25, 0.3) is 10.9 Å². The fourth-order valence-electron chi connectivity index (χ4n) is 4.95. The first-order valence-electron chi connectivity index (χ1n) is 9.86. The summed E-state index contributed by atoms with van der Waals surface area (Å²) in [5.74, 6) is -1.71. The summed E-state index contributed by atoms with van der Waals surface area (Å²) in [4.78, 5) is 26.5. The number of fused-ring (bicyclic) bond motifs is 1. The summed E-state index contributed by atoms with van der Waals surface area (Å²) in [7, 11) is 0. The normalized spacial score (nSPS) is 23.0. The zero-order chi connectivity index (χ0) is 20.0. The maximum absolute atomic E-state index is 15.5. The summed E-state index contributed by atoms with van der Waals surface area (Å²) in [5, 5.41) is 9.66. The van der Waals surface area contributed by atoms with Gasteiger partial charge in [-0.15, -0.1) is 0 Å². The maximum Gasteiger partial charge on any atom is 0.341 e. The van der Waals surface area contributed by atoms with Gasteiger partial charge in [0.15, 0.2) is 5.82 Å². The molecule has 5 rings (SSSR count). The Labute approximate surface area is 161 Å². The predicted molar refractivity (Wildman–Crippen MR) is 105 cm³/mol. The molecule has 6 nitrogen and oxygen atoms in total. The van der Waals surface area contributed by atoms with Crippen molar-refractivity contribution in [3.05, 3.63) is 38.9 Å². The topological polar surface area (TPSA) is 88.6 Å². The Hall–Kier alpha value is -2.41. The maximum atomic E-state index is 15.5. The van der Waals surface area contributed by atoms with E-state index in [1.165, 1.54) is 6.20 Å². The molecule has 3 N–H and O–H groups in total. The van der Waals surface area contributed by atoms with Crippen molar-refractivity contribution in [2.24, 2.45) is 11.1 Å². The molecule has 1 aromatic heterocycles. The van der Waals surface area contributed by atoms with Crippen LogP contribution in [-0.2, 0) is 0 Å². The molecule has 1 aliphatic heterocycles. The Morgan fingerprint density at radius 3 is 2.50 bits per heavy atom. The Kier molecular flexibility index (Phi) is 3.51. The highest BCUT2D eigenvalue weighted by Gasteiger charge is 2.54. The summed E-state index contributed by atoms with van der Waals surface area (Å²) in [6.45, 7) is 4.75. The van der Waals surface area contributed by atoms with Crippen LogP contribution < -0.4 is 16.1 Å². The number of nitrogens with two attached hydrogens (primary N) is 1. The first kappa shape index (κ1) is 17.7. The Bertz CT molecular complexity index is 1100. The van der Waals surface area contributed by atoms with E-state index >= 15 is 4.39 Å². The Morgan fingerprint density at radius 1 is 1.29 bits per heavy atom. The van der Waals surface area contributed by atoms with E-state index in [1.807, 2.05) is 16.4 Å². The van der Waals surface area contributed by atoms with Crippen LogP contribution in [0.15, 0.2) is 11.0 Å². The lowest BCUT2D eigenvalue weighted by Gasteiger charge is -2.26. The van der Waals surface area contributed by atoms with Crippen LogP contribution in [0.1, 0.15) is 53.2 Å². The lowest BCUT2D eigenvalue weighted by Crippen LogP contribution is -2.31. The molecule has 7 heteroatoms. The van der Waals surface area contributed by atoms with E-state index in [4.69, 9.17) is 5.73 Å². The molecule has 28 heavy (non-hydrogen) atoms. The van der Waals surface area contributed by atoms with Gasteiger partial charge in [-0.2, -0.15) is 0 Å². The van der Waals surface area contributed by atoms with E-state index < -0.39 is 17.2 Å². The van der Waals surface area contributed by atoms with Crippen LogP contribution in [0.5, 0.6) is 0 Å². The summed E-state index contributed by atoms with van der Waals surface area (Å²) < 4.78 is 17.4. The van der Waals surface area contributed by atoms with Gasteiger partial charge in [-0.3, -0.25) is 4.79 Å². The van der Waals surface area contributed by atoms with Crippen LogP contribution in [0.2, 0.25) is 0 Å². The van der Waals surface area contributed by atoms with Crippen molar-refractivity contribution in [3.8, 4) is 0 Å². The molecule has 0 radical (unpaired) electrons. The van der Waals surface area contributed by atoms with Crippen molar-refractivity contribution in [2.45, 2.75) is 51.6 Å². The standard InChI is InChI=1S/C21H24FN3O3/c1-10-15-17(25(12-3-4-12)7-13(19(15)26)20(27)28)11(2)18(16(10)22)24-8-14(23)21(9-24)5-6-21/h7,12,14H,3-6,8-9,23H2,1-2H3,(H,27,28). The molecule has 0 bridgehead atoms. The highest BCUT2D eigenvalue weighted by molar-refractivity contribution is 5.97. The van der Waals surface area contributed by atoms with Crippen molar-refractivity contribution in [3.63, 3.8) is 0 Å². The number of hydrogen-bond acceptors (Lipinski definition) is 4. The highest BCUT2D eigenvalue weighted by Crippen LogP contribution is 2.53. The summed E-state index contributed by atoms with van der Waals surface area (Å²) >= 11 is 0. The molecule has 1 aromatic carbocycles. The van der Waals surface area contributed by atoms with E-state index in [1.54, 1.807) is 6.92 Å². The molecule has 0 amide bonds. The fourth-order valence-corrected chi connectivity index (χ4v) is 4.95. The Morgan fingerprint density at radius 2 is 1.96 bits per heavy atom. The second-order valence-corrected chi connectivity index (χ2v) is 8.80. The van der Waals surface area contributed by atoms with Gasteiger partial charge in [0.25, 0.3) is 0 Å². The number of nitrogens with zero attached hydrogens (tertiary/aromatic N) is 2. The van der Waals surface area contributed by atoms with Crippen LogP contribution in [0, 0.1) is 25.1 Å². The molecule has 1 unspecified atom stereocenters. The number of hydrogen-bond donors (Lipinski definition) is 2. The van der Waals surface area contributed by atoms with Crippen molar-refractivity contribution in [2.75, 3.05) is 18.0 Å². The van der Waals surface area contributed by atoms with Gasteiger partial charge in [0.2, 0.25) is 5.43 Å². The van der Waals surface area contributed by atoms with E-state index in [-0.39, 0.29) is 34.0 Å². The quantitative estimate of drug-likeness (QED) is 0.848. The first-order chi connectivity index (χ1) is 13.2. The number of pyridine rings is 1. The van der Waals surface area contributed by atoms with E-state index in [0.717, 1.165) is 32.2 Å². The molecule has 1 atom stereocenters. The molecule has 2 heterocycles. The average Bonchev–Trinajstić information content (AvgIpc) is 3.53. The minimum absolute atomic E-state index is 0.0299. The monoisotopic (exact) mass is 385 g/mol. The van der Waals surface area contributed by atoms with E-state index in [0.29, 0.717) is 23.3 Å². The van der Waals surface area contributed by atoms with E-state index in [2.05, 4.69) is 0 Å².